The molecule has 0 aliphatic carbocycles. The maximum absolute atomic E-state index is 13.0. The van der Waals surface area contributed by atoms with Crippen molar-refractivity contribution in [3.05, 3.63) is 71.8 Å². The van der Waals surface area contributed by atoms with Crippen LogP contribution in [0.3, 0.4) is 0 Å². The molecule has 1 N–H and O–H groups in total. The molecule has 3 heteroatoms. The van der Waals surface area contributed by atoms with E-state index in [2.05, 4.69) is 17.4 Å². The third-order valence-corrected chi connectivity index (χ3v) is 4.37. The van der Waals surface area contributed by atoms with Gasteiger partial charge in [0.15, 0.2) is 0 Å². The quantitative estimate of drug-likeness (QED) is 0.714. The van der Waals surface area contributed by atoms with Gasteiger partial charge >= 0.3 is 0 Å². The molecule has 128 valence electrons. The zero-order valence-corrected chi connectivity index (χ0v) is 14.6. The molecular formula is C21H27NO2. The van der Waals surface area contributed by atoms with Gasteiger partial charge in [-0.1, -0.05) is 60.7 Å². The molecule has 1 atom stereocenters. The van der Waals surface area contributed by atoms with Gasteiger partial charge in [0, 0.05) is 20.3 Å². The highest BCUT2D eigenvalue weighted by atomic mass is 16.5. The van der Waals surface area contributed by atoms with Gasteiger partial charge in [-0.05, 0) is 37.3 Å². The summed E-state index contributed by atoms with van der Waals surface area (Å²) in [6.45, 7) is 3.44. The zero-order chi connectivity index (χ0) is 17.3. The molecule has 0 bridgehead atoms. The molecular weight excluding hydrogens is 298 g/mol. The van der Waals surface area contributed by atoms with E-state index in [9.17, 15) is 4.79 Å². The van der Waals surface area contributed by atoms with Crippen LogP contribution in [0, 0.1) is 0 Å². The van der Waals surface area contributed by atoms with Gasteiger partial charge < -0.3 is 10.1 Å². The van der Waals surface area contributed by atoms with Crippen LogP contribution in [0.4, 0.5) is 0 Å². The van der Waals surface area contributed by atoms with Crippen molar-refractivity contribution in [3.63, 3.8) is 0 Å². The van der Waals surface area contributed by atoms with Crippen LogP contribution in [-0.4, -0.2) is 26.2 Å². The number of hydrogen-bond donors (Lipinski definition) is 1. The van der Waals surface area contributed by atoms with Crippen LogP contribution in [0.15, 0.2) is 60.7 Å². The molecule has 0 radical (unpaired) electrons. The average Bonchev–Trinajstić information content (AvgIpc) is 2.63. The molecule has 0 aliphatic rings. The summed E-state index contributed by atoms with van der Waals surface area (Å²) >= 11 is 0. The summed E-state index contributed by atoms with van der Waals surface area (Å²) in [5.74, 6) is 0.0787. The van der Waals surface area contributed by atoms with Gasteiger partial charge in [-0.25, -0.2) is 0 Å². The molecule has 2 aromatic rings. The minimum Gasteiger partial charge on any atom is -0.385 e. The van der Waals surface area contributed by atoms with E-state index in [0.29, 0.717) is 13.0 Å². The van der Waals surface area contributed by atoms with E-state index < -0.39 is 5.41 Å². The molecule has 0 fully saturated rings. The van der Waals surface area contributed by atoms with Crippen molar-refractivity contribution in [1.29, 1.82) is 0 Å². The lowest BCUT2D eigenvalue weighted by molar-refractivity contribution is -0.126. The van der Waals surface area contributed by atoms with E-state index in [1.807, 2.05) is 55.5 Å². The van der Waals surface area contributed by atoms with E-state index in [4.69, 9.17) is 4.74 Å². The Balaban J connectivity index is 2.12. The van der Waals surface area contributed by atoms with Gasteiger partial charge in [-0.3, -0.25) is 4.79 Å². The van der Waals surface area contributed by atoms with Gasteiger partial charge in [-0.2, -0.15) is 0 Å². The Kier molecular flexibility index (Phi) is 7.01. The standard InChI is InChI=1S/C21H27NO2/c1-21(19-13-7-4-8-14-19,17-18-11-5-3-6-12-18)20(23)22-15-9-10-16-24-2/h3-8,11-14H,9-10,15-17H2,1-2H3,(H,22,23). The molecule has 3 nitrogen and oxygen atoms in total. The van der Waals surface area contributed by atoms with Crippen molar-refractivity contribution >= 4 is 5.91 Å². The van der Waals surface area contributed by atoms with Crippen molar-refractivity contribution in [2.45, 2.75) is 31.6 Å². The van der Waals surface area contributed by atoms with Crippen LogP contribution in [0.25, 0.3) is 0 Å². The van der Waals surface area contributed by atoms with Gasteiger partial charge in [0.1, 0.15) is 0 Å². The Labute approximate surface area is 145 Å². The minimum absolute atomic E-state index is 0.0787. The second kappa shape index (κ2) is 9.24. The highest BCUT2D eigenvalue weighted by Crippen LogP contribution is 2.28. The van der Waals surface area contributed by atoms with E-state index in [1.165, 1.54) is 5.56 Å². The number of nitrogens with one attached hydrogen (secondary N) is 1. The van der Waals surface area contributed by atoms with E-state index in [-0.39, 0.29) is 5.91 Å². The van der Waals surface area contributed by atoms with Gasteiger partial charge in [-0.15, -0.1) is 0 Å². The van der Waals surface area contributed by atoms with Crippen LogP contribution in [0.1, 0.15) is 30.9 Å². The molecule has 0 saturated heterocycles. The lowest BCUT2D eigenvalue weighted by atomic mass is 9.76. The molecule has 0 saturated carbocycles. The number of methoxy groups -OCH3 is 1. The maximum atomic E-state index is 13.0. The van der Waals surface area contributed by atoms with Crippen molar-refractivity contribution in [1.82, 2.24) is 5.32 Å². The van der Waals surface area contributed by atoms with Crippen molar-refractivity contribution in [2.24, 2.45) is 0 Å². The first kappa shape index (κ1) is 18.2. The SMILES string of the molecule is COCCCCNC(=O)C(C)(Cc1ccccc1)c1ccccc1. The van der Waals surface area contributed by atoms with Crippen LogP contribution in [0.2, 0.25) is 0 Å². The van der Waals surface area contributed by atoms with E-state index >= 15 is 0 Å². The molecule has 1 amide bonds. The minimum atomic E-state index is -0.579. The fraction of sp³-hybridized carbons (Fsp3) is 0.381. The number of carbonyl (C=O) groups excluding carboxylic acids is 1. The highest BCUT2D eigenvalue weighted by molar-refractivity contribution is 5.88. The fourth-order valence-electron chi connectivity index (χ4n) is 2.89. The van der Waals surface area contributed by atoms with Crippen molar-refractivity contribution in [3.8, 4) is 0 Å². The monoisotopic (exact) mass is 325 g/mol. The van der Waals surface area contributed by atoms with Crippen LogP contribution in [0.5, 0.6) is 0 Å². The van der Waals surface area contributed by atoms with Crippen molar-refractivity contribution in [2.75, 3.05) is 20.3 Å². The predicted octanol–water partition coefficient (Wildman–Crippen LogP) is 3.73. The number of benzene rings is 2. The van der Waals surface area contributed by atoms with Crippen LogP contribution >= 0.6 is 0 Å². The number of hydrogen-bond acceptors (Lipinski definition) is 2. The summed E-state index contributed by atoms with van der Waals surface area (Å²) in [5.41, 5.74) is 1.63. The van der Waals surface area contributed by atoms with Crippen molar-refractivity contribution < 1.29 is 9.53 Å². The Morgan fingerprint density at radius 2 is 1.62 bits per heavy atom. The smallest absolute Gasteiger partial charge is 0.230 e. The Morgan fingerprint density at radius 3 is 2.25 bits per heavy atom. The molecule has 0 aliphatic heterocycles. The molecule has 24 heavy (non-hydrogen) atoms. The van der Waals surface area contributed by atoms with Gasteiger partial charge in [0.25, 0.3) is 0 Å². The Bertz CT molecular complexity index is 612. The number of ether oxygens (including phenoxy) is 1. The van der Waals surface area contributed by atoms with E-state index in [1.54, 1.807) is 7.11 Å². The molecule has 1 unspecified atom stereocenters. The number of unbranched alkanes of at least 4 members (excludes halogenated alkanes) is 1. The molecule has 0 spiro atoms. The summed E-state index contributed by atoms with van der Waals surface area (Å²) < 4.78 is 5.05. The normalized spacial score (nSPS) is 13.2. The Hall–Kier alpha value is -2.13. The summed E-state index contributed by atoms with van der Waals surface area (Å²) in [6.07, 6.45) is 2.56. The van der Waals surface area contributed by atoms with E-state index in [0.717, 1.165) is 25.0 Å². The summed E-state index contributed by atoms with van der Waals surface area (Å²) in [6, 6.07) is 20.2. The topological polar surface area (TPSA) is 38.3 Å². The largest absolute Gasteiger partial charge is 0.385 e. The third kappa shape index (κ3) is 4.93. The summed E-state index contributed by atoms with van der Waals surface area (Å²) in [7, 11) is 1.70. The lowest BCUT2D eigenvalue weighted by Gasteiger charge is -2.29. The average molecular weight is 325 g/mol. The lowest BCUT2D eigenvalue weighted by Crippen LogP contribution is -2.44. The number of rotatable bonds is 9. The zero-order valence-electron chi connectivity index (χ0n) is 14.6. The molecule has 2 rings (SSSR count). The van der Waals surface area contributed by atoms with Crippen LogP contribution < -0.4 is 5.32 Å². The maximum Gasteiger partial charge on any atom is 0.230 e. The third-order valence-electron chi connectivity index (χ3n) is 4.37. The molecule has 0 aromatic heterocycles. The van der Waals surface area contributed by atoms with Gasteiger partial charge in [0.2, 0.25) is 5.91 Å². The first-order valence-electron chi connectivity index (χ1n) is 8.53. The summed E-state index contributed by atoms with van der Waals surface area (Å²) in [4.78, 5) is 13.0. The number of carbonyl (C=O) groups is 1. The molecule has 0 heterocycles. The Morgan fingerprint density at radius 1 is 1.00 bits per heavy atom. The fourth-order valence-corrected chi connectivity index (χ4v) is 2.89. The predicted molar refractivity (Wildman–Crippen MR) is 98.1 cm³/mol. The van der Waals surface area contributed by atoms with Gasteiger partial charge in [0.05, 0.1) is 5.41 Å². The molecule has 2 aromatic carbocycles. The first-order chi connectivity index (χ1) is 11.7. The second-order valence-electron chi connectivity index (χ2n) is 6.32. The number of amides is 1. The van der Waals surface area contributed by atoms with Crippen LogP contribution in [-0.2, 0) is 21.4 Å². The first-order valence-corrected chi connectivity index (χ1v) is 8.53. The summed E-state index contributed by atoms with van der Waals surface area (Å²) in [5, 5.41) is 3.11. The second-order valence-corrected chi connectivity index (χ2v) is 6.32. The highest BCUT2D eigenvalue weighted by Gasteiger charge is 2.34.